The Morgan fingerprint density at radius 3 is 2.34 bits per heavy atom. The zero-order chi connectivity index (χ0) is 26.7. The summed E-state index contributed by atoms with van der Waals surface area (Å²) in [7, 11) is 0. The molecule has 38 heavy (non-hydrogen) atoms. The van der Waals surface area contributed by atoms with Gasteiger partial charge in [-0.05, 0) is 61.6 Å². The summed E-state index contributed by atoms with van der Waals surface area (Å²) in [6, 6.07) is 25.5. The number of amides is 2. The van der Waals surface area contributed by atoms with E-state index in [0.717, 1.165) is 28.0 Å². The molecule has 3 aromatic carbocycles. The molecule has 0 fully saturated rings. The molecular weight excluding hydrogens is 476 g/mol. The Morgan fingerprint density at radius 2 is 1.61 bits per heavy atom. The molecule has 0 unspecified atom stereocenters. The van der Waals surface area contributed by atoms with Gasteiger partial charge in [-0.15, -0.1) is 0 Å². The molecule has 1 aliphatic rings. The van der Waals surface area contributed by atoms with Crippen molar-refractivity contribution in [2.75, 3.05) is 32.8 Å². The summed E-state index contributed by atoms with van der Waals surface area (Å²) in [4.78, 5) is 29.3. The van der Waals surface area contributed by atoms with Crippen LogP contribution in [0.2, 0.25) is 0 Å². The second-order valence-corrected chi connectivity index (χ2v) is 9.19. The van der Waals surface area contributed by atoms with Crippen molar-refractivity contribution in [3.8, 4) is 5.75 Å². The van der Waals surface area contributed by atoms with Gasteiger partial charge in [-0.25, -0.2) is 4.79 Å². The molecular formula is C32H36N2O4. The third kappa shape index (κ3) is 6.82. The minimum atomic E-state index is -0.320. The predicted octanol–water partition coefficient (Wildman–Crippen LogP) is 6.41. The molecule has 0 spiro atoms. The van der Waals surface area contributed by atoms with E-state index in [9.17, 15) is 9.59 Å². The molecule has 0 saturated heterocycles. The topological polar surface area (TPSA) is 59.1 Å². The highest BCUT2D eigenvalue weighted by molar-refractivity contribution is 5.95. The first-order chi connectivity index (χ1) is 18.6. The summed E-state index contributed by atoms with van der Waals surface area (Å²) in [5.74, 6) is 0.841. The minimum Gasteiger partial charge on any atom is -0.493 e. The van der Waals surface area contributed by atoms with Gasteiger partial charge in [0.25, 0.3) is 5.91 Å². The largest absolute Gasteiger partial charge is 0.493 e. The zero-order valence-electron chi connectivity index (χ0n) is 22.3. The summed E-state index contributed by atoms with van der Waals surface area (Å²) in [5, 5.41) is 0. The van der Waals surface area contributed by atoms with Crippen molar-refractivity contribution in [3.63, 3.8) is 0 Å². The number of rotatable bonds is 6. The lowest BCUT2D eigenvalue weighted by molar-refractivity contribution is 0.0772. The fourth-order valence-corrected chi connectivity index (χ4v) is 4.59. The fourth-order valence-electron chi connectivity index (χ4n) is 4.59. The Balaban J connectivity index is 1.55. The Bertz CT molecular complexity index is 1230. The van der Waals surface area contributed by atoms with E-state index in [4.69, 9.17) is 9.47 Å². The van der Waals surface area contributed by atoms with E-state index in [-0.39, 0.29) is 18.6 Å². The second kappa shape index (κ2) is 13.5. The van der Waals surface area contributed by atoms with E-state index >= 15 is 0 Å². The highest BCUT2D eigenvalue weighted by Crippen LogP contribution is 2.32. The lowest BCUT2D eigenvalue weighted by atomic mass is 9.95. The number of nitrogens with zero attached hydrogens (tertiary/aromatic N) is 2. The molecule has 0 aliphatic carbocycles. The quantitative estimate of drug-likeness (QED) is 0.383. The number of ether oxygens (including phenoxy) is 2. The van der Waals surface area contributed by atoms with Crippen LogP contribution in [0.5, 0.6) is 5.75 Å². The van der Waals surface area contributed by atoms with Crippen molar-refractivity contribution in [2.45, 2.75) is 33.3 Å². The lowest BCUT2D eigenvalue weighted by Gasteiger charge is -2.21. The van der Waals surface area contributed by atoms with Gasteiger partial charge >= 0.3 is 6.09 Å². The summed E-state index contributed by atoms with van der Waals surface area (Å²) in [5.41, 5.74) is 4.64. The monoisotopic (exact) mass is 512 g/mol. The average Bonchev–Trinajstić information content (AvgIpc) is 3.00. The molecule has 0 bridgehead atoms. The zero-order valence-corrected chi connectivity index (χ0v) is 22.3. The summed E-state index contributed by atoms with van der Waals surface area (Å²) >= 11 is 0. The standard InChI is InChI=1S/C32H36N2O4/c1-3-33(4-2)31(35)27-19-17-26(18-20-27)28-15-10-21-34(32(36)38-24-25-12-6-5-7-13-25)22-11-23-37-30-16-9-8-14-29(28)30/h5-9,12-20H,3-4,10-11,21-24H2,1-2H3/b28-15-. The maximum atomic E-state index is 12.9. The summed E-state index contributed by atoms with van der Waals surface area (Å²) in [6.07, 6.45) is 3.18. The first-order valence-corrected chi connectivity index (χ1v) is 13.4. The number of para-hydroxylation sites is 1. The normalized spacial score (nSPS) is 15.2. The van der Waals surface area contributed by atoms with E-state index in [1.807, 2.05) is 91.5 Å². The van der Waals surface area contributed by atoms with Gasteiger partial charge in [0.1, 0.15) is 12.4 Å². The molecule has 6 nitrogen and oxygen atoms in total. The van der Waals surface area contributed by atoms with Crippen LogP contribution in [0.15, 0.2) is 84.9 Å². The molecule has 3 aromatic rings. The molecule has 0 aromatic heterocycles. The molecule has 1 aliphatic heterocycles. The maximum absolute atomic E-state index is 12.9. The SMILES string of the molecule is CCN(CC)C(=O)c1ccc(/C2=C/CCN(C(=O)OCc3ccccc3)CCCOc3ccccc32)cc1. The van der Waals surface area contributed by atoms with Gasteiger partial charge in [-0.3, -0.25) is 4.79 Å². The smallest absolute Gasteiger partial charge is 0.410 e. The van der Waals surface area contributed by atoms with Gasteiger partial charge in [-0.1, -0.05) is 66.7 Å². The number of hydrogen-bond acceptors (Lipinski definition) is 4. The molecule has 6 heteroatoms. The Morgan fingerprint density at radius 1 is 0.895 bits per heavy atom. The highest BCUT2D eigenvalue weighted by atomic mass is 16.6. The van der Waals surface area contributed by atoms with E-state index < -0.39 is 0 Å². The minimum absolute atomic E-state index is 0.0337. The molecule has 0 N–H and O–H groups in total. The molecule has 0 saturated carbocycles. The Labute approximate surface area is 225 Å². The van der Waals surface area contributed by atoms with Gasteiger partial charge in [0.2, 0.25) is 0 Å². The third-order valence-electron chi connectivity index (χ3n) is 6.71. The van der Waals surface area contributed by atoms with Crippen molar-refractivity contribution in [2.24, 2.45) is 0 Å². The van der Waals surface area contributed by atoms with Crippen molar-refractivity contribution >= 4 is 17.6 Å². The van der Waals surface area contributed by atoms with Gasteiger partial charge in [0.15, 0.2) is 0 Å². The van der Waals surface area contributed by atoms with Crippen molar-refractivity contribution in [1.82, 2.24) is 9.80 Å². The highest BCUT2D eigenvalue weighted by Gasteiger charge is 2.18. The van der Waals surface area contributed by atoms with Crippen LogP contribution in [0.25, 0.3) is 5.57 Å². The Kier molecular flexibility index (Phi) is 9.57. The third-order valence-corrected chi connectivity index (χ3v) is 6.71. The van der Waals surface area contributed by atoms with Crippen LogP contribution < -0.4 is 4.74 Å². The van der Waals surface area contributed by atoms with E-state index in [2.05, 4.69) is 12.1 Å². The number of hydrogen-bond donors (Lipinski definition) is 0. The van der Waals surface area contributed by atoms with Crippen LogP contribution in [-0.4, -0.2) is 54.6 Å². The fraction of sp³-hybridized carbons (Fsp3) is 0.312. The summed E-state index contributed by atoms with van der Waals surface area (Å²) < 4.78 is 11.8. The van der Waals surface area contributed by atoms with Crippen LogP contribution in [0, 0.1) is 0 Å². The number of carbonyl (C=O) groups is 2. The van der Waals surface area contributed by atoms with Gasteiger partial charge in [-0.2, -0.15) is 0 Å². The second-order valence-electron chi connectivity index (χ2n) is 9.19. The maximum Gasteiger partial charge on any atom is 0.410 e. The van der Waals surface area contributed by atoms with Crippen molar-refractivity contribution in [1.29, 1.82) is 0 Å². The van der Waals surface area contributed by atoms with Crippen molar-refractivity contribution in [3.05, 3.63) is 107 Å². The van der Waals surface area contributed by atoms with E-state index in [0.29, 0.717) is 51.2 Å². The molecule has 1 heterocycles. The van der Waals surface area contributed by atoms with Crippen LogP contribution in [-0.2, 0) is 11.3 Å². The van der Waals surface area contributed by atoms with E-state index in [1.54, 1.807) is 4.90 Å². The number of carbonyl (C=O) groups excluding carboxylic acids is 2. The first-order valence-electron chi connectivity index (χ1n) is 13.4. The van der Waals surface area contributed by atoms with Gasteiger partial charge in [0, 0.05) is 37.3 Å². The molecule has 0 atom stereocenters. The van der Waals surface area contributed by atoms with Crippen molar-refractivity contribution < 1.29 is 19.1 Å². The Hall–Kier alpha value is -4.06. The van der Waals surface area contributed by atoms with E-state index in [1.165, 1.54) is 0 Å². The first kappa shape index (κ1) is 27.0. The molecule has 0 radical (unpaired) electrons. The van der Waals surface area contributed by atoms with Crippen LogP contribution in [0.4, 0.5) is 4.79 Å². The van der Waals surface area contributed by atoms with Crippen LogP contribution in [0.1, 0.15) is 53.7 Å². The molecule has 198 valence electrons. The van der Waals surface area contributed by atoms with Gasteiger partial charge in [0.05, 0.1) is 6.61 Å². The van der Waals surface area contributed by atoms with Crippen LogP contribution >= 0.6 is 0 Å². The number of benzene rings is 3. The average molecular weight is 513 g/mol. The van der Waals surface area contributed by atoms with Crippen LogP contribution in [0.3, 0.4) is 0 Å². The number of fused-ring (bicyclic) bond motifs is 1. The lowest BCUT2D eigenvalue weighted by Crippen LogP contribution is -2.34. The molecule has 4 rings (SSSR count). The van der Waals surface area contributed by atoms with Gasteiger partial charge < -0.3 is 19.3 Å². The summed E-state index contributed by atoms with van der Waals surface area (Å²) in [6.45, 7) is 7.16. The molecule has 2 amide bonds. The predicted molar refractivity (Wildman–Crippen MR) is 150 cm³/mol.